The Balaban J connectivity index is 1.59. The normalized spacial score (nSPS) is 31.6. The van der Waals surface area contributed by atoms with E-state index in [1.165, 1.54) is 12.8 Å². The molecule has 0 radical (unpaired) electrons. The summed E-state index contributed by atoms with van der Waals surface area (Å²) in [5, 5.41) is 21.9. The van der Waals surface area contributed by atoms with Crippen LogP contribution in [0.5, 0.6) is 5.75 Å². The summed E-state index contributed by atoms with van der Waals surface area (Å²) in [6.45, 7) is 2.07. The van der Waals surface area contributed by atoms with Crippen molar-refractivity contribution >= 4 is 0 Å². The van der Waals surface area contributed by atoms with Gasteiger partial charge in [0.2, 0.25) is 0 Å². The Morgan fingerprint density at radius 1 is 1.26 bits per heavy atom. The molecule has 5 atom stereocenters. The molecule has 2 aliphatic rings. The molecule has 1 saturated carbocycles. The lowest BCUT2D eigenvalue weighted by molar-refractivity contribution is -0.742. The zero-order valence-electron chi connectivity index (χ0n) is 11.2. The van der Waals surface area contributed by atoms with E-state index in [4.69, 9.17) is 0 Å². The molecule has 0 heterocycles. The third-order valence-corrected chi connectivity index (χ3v) is 4.69. The van der Waals surface area contributed by atoms with E-state index >= 15 is 0 Å². The Morgan fingerprint density at radius 2 is 2.00 bits per heavy atom. The molecule has 3 heteroatoms. The number of fused-ring (bicyclic) bond motifs is 1. The first-order chi connectivity index (χ1) is 9.15. The van der Waals surface area contributed by atoms with Crippen molar-refractivity contribution in [3.05, 3.63) is 42.0 Å². The molecule has 1 aromatic rings. The molecule has 3 rings (SSSR count). The molecule has 0 aromatic heterocycles. The number of hydrogen-bond donors (Lipinski definition) is 3. The Bertz CT molecular complexity index is 468. The van der Waals surface area contributed by atoms with Gasteiger partial charge in [0.25, 0.3) is 0 Å². The highest BCUT2D eigenvalue weighted by Crippen LogP contribution is 2.41. The molecule has 1 aromatic carbocycles. The highest BCUT2D eigenvalue weighted by Gasteiger charge is 2.45. The summed E-state index contributed by atoms with van der Waals surface area (Å²) in [6, 6.07) is 7.62. The zero-order valence-corrected chi connectivity index (χ0v) is 11.2. The molecule has 0 aliphatic heterocycles. The number of aliphatic hydroxyl groups is 1. The van der Waals surface area contributed by atoms with Crippen molar-refractivity contribution in [1.82, 2.24) is 0 Å². The number of aromatic hydroxyl groups is 1. The van der Waals surface area contributed by atoms with Gasteiger partial charge in [0.15, 0.2) is 0 Å². The van der Waals surface area contributed by atoms with Gasteiger partial charge in [-0.25, -0.2) is 0 Å². The van der Waals surface area contributed by atoms with Crippen LogP contribution in [0.3, 0.4) is 0 Å². The molecule has 2 aliphatic carbocycles. The average Bonchev–Trinajstić information content (AvgIpc) is 2.77. The number of phenolic OH excluding ortho intramolecular Hbond substituents is 1. The molecule has 0 bridgehead atoms. The van der Waals surface area contributed by atoms with E-state index in [9.17, 15) is 10.2 Å². The Morgan fingerprint density at radius 3 is 2.68 bits per heavy atom. The second-order valence-electron chi connectivity index (χ2n) is 5.99. The third kappa shape index (κ3) is 2.40. The molecule has 3 nitrogen and oxygen atoms in total. The van der Waals surface area contributed by atoms with E-state index in [1.807, 2.05) is 0 Å². The van der Waals surface area contributed by atoms with Crippen LogP contribution in [0.25, 0.3) is 0 Å². The maximum atomic E-state index is 10.4. The van der Waals surface area contributed by atoms with E-state index < -0.39 is 6.10 Å². The summed E-state index contributed by atoms with van der Waals surface area (Å²) >= 11 is 0. The summed E-state index contributed by atoms with van der Waals surface area (Å²) in [7, 11) is 0. The van der Waals surface area contributed by atoms with Gasteiger partial charge in [0.1, 0.15) is 17.9 Å². The standard InChI is InChI=1S/C16H21NO2/c1-10(16(19)11-5-7-13(18)8-6-11)17-15-9-12-3-2-4-14(12)15/h2,4-8,10,12,14-19H,3,9H2,1H3/p+1/t10-,12+,14-,15+,16+/m0/s1. The van der Waals surface area contributed by atoms with Crippen LogP contribution in [-0.2, 0) is 0 Å². The minimum Gasteiger partial charge on any atom is -0.508 e. The molecule has 102 valence electrons. The number of quaternary nitrogens is 1. The monoisotopic (exact) mass is 260 g/mol. The van der Waals surface area contributed by atoms with Gasteiger partial charge >= 0.3 is 0 Å². The van der Waals surface area contributed by atoms with Gasteiger partial charge in [0, 0.05) is 12.3 Å². The number of allylic oxidation sites excluding steroid dienone is 1. The molecular formula is C16H22NO2+. The van der Waals surface area contributed by atoms with Crippen molar-refractivity contribution in [3.8, 4) is 5.75 Å². The van der Waals surface area contributed by atoms with Gasteiger partial charge < -0.3 is 15.5 Å². The van der Waals surface area contributed by atoms with Crippen LogP contribution in [-0.4, -0.2) is 22.3 Å². The minimum absolute atomic E-state index is 0.143. The van der Waals surface area contributed by atoms with Crippen LogP contribution in [0.4, 0.5) is 0 Å². The van der Waals surface area contributed by atoms with Gasteiger partial charge in [-0.3, -0.25) is 0 Å². The first-order valence-corrected chi connectivity index (χ1v) is 7.14. The van der Waals surface area contributed by atoms with Crippen molar-refractivity contribution in [2.24, 2.45) is 11.8 Å². The van der Waals surface area contributed by atoms with Crippen LogP contribution in [0.15, 0.2) is 36.4 Å². The lowest BCUT2D eigenvalue weighted by Crippen LogP contribution is -2.98. The fraction of sp³-hybridized carbons (Fsp3) is 0.500. The van der Waals surface area contributed by atoms with Crippen LogP contribution in [0, 0.1) is 11.8 Å². The largest absolute Gasteiger partial charge is 0.508 e. The molecule has 0 unspecified atom stereocenters. The average molecular weight is 260 g/mol. The van der Waals surface area contributed by atoms with Crippen molar-refractivity contribution < 1.29 is 15.5 Å². The van der Waals surface area contributed by atoms with Gasteiger partial charge in [-0.2, -0.15) is 0 Å². The maximum absolute atomic E-state index is 10.4. The minimum atomic E-state index is -0.481. The highest BCUT2D eigenvalue weighted by atomic mass is 16.3. The van der Waals surface area contributed by atoms with Crippen molar-refractivity contribution in [3.63, 3.8) is 0 Å². The highest BCUT2D eigenvalue weighted by molar-refractivity contribution is 5.27. The van der Waals surface area contributed by atoms with Crippen LogP contribution < -0.4 is 5.32 Å². The Labute approximate surface area is 114 Å². The topological polar surface area (TPSA) is 57.1 Å². The fourth-order valence-electron chi connectivity index (χ4n) is 3.46. The van der Waals surface area contributed by atoms with Crippen LogP contribution >= 0.6 is 0 Å². The number of nitrogens with two attached hydrogens (primary N) is 1. The zero-order chi connectivity index (χ0) is 13.4. The van der Waals surface area contributed by atoms with Crippen molar-refractivity contribution in [1.29, 1.82) is 0 Å². The number of benzene rings is 1. The summed E-state index contributed by atoms with van der Waals surface area (Å²) in [5.74, 6) is 1.82. The Hall–Kier alpha value is -1.32. The fourth-order valence-corrected chi connectivity index (χ4v) is 3.46. The molecule has 0 spiro atoms. The van der Waals surface area contributed by atoms with E-state index in [-0.39, 0.29) is 11.8 Å². The predicted octanol–water partition coefficient (Wildman–Crippen LogP) is 1.34. The quantitative estimate of drug-likeness (QED) is 0.716. The predicted molar refractivity (Wildman–Crippen MR) is 73.6 cm³/mol. The third-order valence-electron chi connectivity index (χ3n) is 4.69. The van der Waals surface area contributed by atoms with E-state index in [0.29, 0.717) is 6.04 Å². The Kier molecular flexibility index (Phi) is 3.33. The van der Waals surface area contributed by atoms with Crippen LogP contribution in [0.1, 0.15) is 31.4 Å². The van der Waals surface area contributed by atoms with Crippen LogP contribution in [0.2, 0.25) is 0 Å². The number of rotatable bonds is 4. The molecule has 0 saturated heterocycles. The van der Waals surface area contributed by atoms with Gasteiger partial charge in [-0.05, 0) is 37.0 Å². The molecular weight excluding hydrogens is 238 g/mol. The first-order valence-electron chi connectivity index (χ1n) is 7.14. The molecule has 19 heavy (non-hydrogen) atoms. The van der Waals surface area contributed by atoms with E-state index in [2.05, 4.69) is 24.4 Å². The molecule has 4 N–H and O–H groups in total. The van der Waals surface area contributed by atoms with Gasteiger partial charge in [-0.15, -0.1) is 0 Å². The number of phenols is 1. The summed E-state index contributed by atoms with van der Waals surface area (Å²) in [4.78, 5) is 0. The SMILES string of the molecule is C[C@H]([NH2+][C@@H]1C[C@H]2CC=C[C@@H]21)[C@@H](O)c1ccc(O)cc1. The lowest BCUT2D eigenvalue weighted by atomic mass is 9.71. The van der Waals surface area contributed by atoms with Crippen molar-refractivity contribution in [2.45, 2.75) is 38.0 Å². The smallest absolute Gasteiger partial charge is 0.130 e. The van der Waals surface area contributed by atoms with Gasteiger partial charge in [0.05, 0.1) is 6.04 Å². The first kappa shape index (κ1) is 12.7. The number of hydrogen-bond acceptors (Lipinski definition) is 2. The lowest BCUT2D eigenvalue weighted by Gasteiger charge is -2.39. The van der Waals surface area contributed by atoms with Gasteiger partial charge in [-0.1, -0.05) is 24.3 Å². The summed E-state index contributed by atoms with van der Waals surface area (Å²) in [5.41, 5.74) is 0.874. The number of aliphatic hydroxyl groups excluding tert-OH is 1. The van der Waals surface area contributed by atoms with E-state index in [1.54, 1.807) is 24.3 Å². The second kappa shape index (κ2) is 4.99. The maximum Gasteiger partial charge on any atom is 0.130 e. The van der Waals surface area contributed by atoms with Crippen molar-refractivity contribution in [2.75, 3.05) is 0 Å². The molecule has 1 fully saturated rings. The second-order valence-corrected chi connectivity index (χ2v) is 5.99. The van der Waals surface area contributed by atoms with E-state index in [0.717, 1.165) is 17.4 Å². The summed E-state index contributed by atoms with van der Waals surface area (Å²) < 4.78 is 0. The summed E-state index contributed by atoms with van der Waals surface area (Å²) in [6.07, 6.45) is 6.66. The molecule has 0 amide bonds.